The van der Waals surface area contributed by atoms with E-state index in [1.807, 2.05) is 0 Å². The number of hydrogen-bond donors (Lipinski definition) is 2. The van der Waals surface area contributed by atoms with Crippen LogP contribution in [-0.4, -0.2) is 32.3 Å². The van der Waals surface area contributed by atoms with Crippen LogP contribution in [0.5, 0.6) is 0 Å². The molecule has 4 heterocycles. The third-order valence-corrected chi connectivity index (χ3v) is 7.72. The van der Waals surface area contributed by atoms with E-state index < -0.39 is 11.6 Å². The second-order valence-electron chi connectivity index (χ2n) is 9.23. The first-order valence-electron chi connectivity index (χ1n) is 11.2. The fourth-order valence-corrected chi connectivity index (χ4v) is 5.83. The maximum atomic E-state index is 14.7. The molecule has 0 amide bonds. The average Bonchev–Trinajstić information content (AvgIpc) is 3.18. The lowest BCUT2D eigenvalue weighted by molar-refractivity contribution is -0.172. The Labute approximate surface area is 188 Å². The molecule has 170 valence electrons. The number of carbonyl (C=O) groups is 1. The predicted octanol–water partition coefficient (Wildman–Crippen LogP) is 2.55. The van der Waals surface area contributed by atoms with Crippen LogP contribution in [0.15, 0.2) is 16.9 Å². The van der Waals surface area contributed by atoms with Crippen molar-refractivity contribution in [2.75, 3.05) is 6.61 Å². The summed E-state index contributed by atoms with van der Waals surface area (Å²) in [6, 6.07) is 3.07. The van der Waals surface area contributed by atoms with Crippen molar-refractivity contribution in [2.24, 2.45) is 0 Å². The van der Waals surface area contributed by atoms with Crippen molar-refractivity contribution in [3.63, 3.8) is 0 Å². The molecular formula is C25H23FN2O5. The number of benzene rings is 1. The van der Waals surface area contributed by atoms with Crippen LogP contribution < -0.4 is 5.56 Å². The second kappa shape index (κ2) is 6.71. The van der Waals surface area contributed by atoms with E-state index in [0.29, 0.717) is 35.3 Å². The number of rotatable bonds is 2. The van der Waals surface area contributed by atoms with Gasteiger partial charge < -0.3 is 19.5 Å². The largest absolute Gasteiger partial charge is 0.458 e. The number of fused-ring (bicyclic) bond motifs is 5. The monoisotopic (exact) mass is 450 g/mol. The minimum atomic E-state index is -1.90. The Hall–Kier alpha value is -3.10. The maximum Gasteiger partial charge on any atom is 0.343 e. The first-order valence-corrected chi connectivity index (χ1v) is 11.2. The van der Waals surface area contributed by atoms with Gasteiger partial charge in [0, 0.05) is 35.1 Å². The summed E-state index contributed by atoms with van der Waals surface area (Å²) in [5.74, 6) is -1.25. The van der Waals surface area contributed by atoms with E-state index in [0.717, 1.165) is 22.1 Å². The summed E-state index contributed by atoms with van der Waals surface area (Å²) in [4.78, 5) is 30.6. The minimum absolute atomic E-state index is 0.0545. The van der Waals surface area contributed by atoms with Crippen molar-refractivity contribution < 1.29 is 24.1 Å². The molecule has 0 saturated heterocycles. The van der Waals surface area contributed by atoms with Gasteiger partial charge in [-0.3, -0.25) is 4.79 Å². The molecule has 0 saturated carbocycles. The molecule has 0 unspecified atom stereocenters. The molecule has 2 N–H and O–H groups in total. The topological polar surface area (TPSA) is 102 Å². The highest BCUT2D eigenvalue weighted by Gasteiger charge is 2.45. The summed E-state index contributed by atoms with van der Waals surface area (Å²) in [5, 5.41) is 22.1. The fourth-order valence-electron chi connectivity index (χ4n) is 5.83. The number of hydrogen-bond acceptors (Lipinski definition) is 6. The summed E-state index contributed by atoms with van der Waals surface area (Å²) in [5.41, 5.74) is 3.02. The van der Waals surface area contributed by atoms with E-state index >= 15 is 0 Å². The van der Waals surface area contributed by atoms with Gasteiger partial charge in [0.25, 0.3) is 5.56 Å². The first kappa shape index (κ1) is 20.5. The molecule has 0 fully saturated rings. The van der Waals surface area contributed by atoms with Crippen molar-refractivity contribution in [3.8, 4) is 11.4 Å². The highest BCUT2D eigenvalue weighted by atomic mass is 19.1. The number of cyclic esters (lactones) is 1. The number of halogens is 1. The second-order valence-corrected chi connectivity index (χ2v) is 9.23. The Morgan fingerprint density at radius 3 is 2.79 bits per heavy atom. The fraction of sp³-hybridized carbons (Fsp3) is 0.400. The summed E-state index contributed by atoms with van der Waals surface area (Å²) in [6.45, 7) is 3.43. The molecule has 7 nitrogen and oxygen atoms in total. The van der Waals surface area contributed by atoms with Gasteiger partial charge >= 0.3 is 5.97 Å². The van der Waals surface area contributed by atoms with E-state index in [1.54, 1.807) is 24.5 Å². The number of pyridine rings is 2. The average molecular weight is 450 g/mol. The third kappa shape index (κ3) is 2.48. The molecule has 0 spiro atoms. The van der Waals surface area contributed by atoms with Crippen molar-refractivity contribution in [1.82, 2.24) is 9.55 Å². The van der Waals surface area contributed by atoms with Gasteiger partial charge in [0.2, 0.25) is 0 Å². The lowest BCUT2D eigenvalue weighted by Gasteiger charge is -2.31. The Morgan fingerprint density at radius 2 is 2.06 bits per heavy atom. The maximum absolute atomic E-state index is 14.7. The summed E-state index contributed by atoms with van der Waals surface area (Å²) in [7, 11) is 0. The van der Waals surface area contributed by atoms with Crippen LogP contribution in [-0.2, 0) is 34.7 Å². The van der Waals surface area contributed by atoms with E-state index in [4.69, 9.17) is 9.72 Å². The van der Waals surface area contributed by atoms with Crippen LogP contribution in [0.2, 0.25) is 0 Å². The Balaban J connectivity index is 1.70. The summed E-state index contributed by atoms with van der Waals surface area (Å²) in [6.07, 6.45) is 1.40. The summed E-state index contributed by atoms with van der Waals surface area (Å²) >= 11 is 0. The smallest absolute Gasteiger partial charge is 0.343 e. The summed E-state index contributed by atoms with van der Waals surface area (Å²) < 4.78 is 21.4. The molecule has 1 aromatic carbocycles. The van der Waals surface area contributed by atoms with Crippen LogP contribution in [0.3, 0.4) is 0 Å². The van der Waals surface area contributed by atoms with Gasteiger partial charge in [-0.05, 0) is 48.9 Å². The van der Waals surface area contributed by atoms with Gasteiger partial charge in [0.15, 0.2) is 5.60 Å². The molecule has 2 aliphatic heterocycles. The third-order valence-electron chi connectivity index (χ3n) is 7.72. The van der Waals surface area contributed by atoms with Crippen molar-refractivity contribution in [1.29, 1.82) is 0 Å². The Bertz CT molecular complexity index is 1460. The number of aliphatic hydroxyl groups excluding tert-OH is 1. The Kier molecular flexibility index (Phi) is 4.17. The molecule has 33 heavy (non-hydrogen) atoms. The molecule has 2 atom stereocenters. The molecule has 6 rings (SSSR count). The Morgan fingerprint density at radius 1 is 1.27 bits per heavy atom. The van der Waals surface area contributed by atoms with Gasteiger partial charge in [-0.2, -0.15) is 0 Å². The first-order chi connectivity index (χ1) is 15.8. The van der Waals surface area contributed by atoms with Crippen LogP contribution in [0.1, 0.15) is 59.1 Å². The van der Waals surface area contributed by atoms with E-state index in [9.17, 15) is 24.2 Å². The molecule has 1 aliphatic carbocycles. The van der Waals surface area contributed by atoms with Crippen molar-refractivity contribution in [2.45, 2.75) is 57.8 Å². The predicted molar refractivity (Wildman–Crippen MR) is 117 cm³/mol. The number of aryl methyl sites for hydroxylation is 1. The number of ether oxygens (including phenoxy) is 1. The normalized spacial score (nSPS) is 22.7. The van der Waals surface area contributed by atoms with Gasteiger partial charge in [0.1, 0.15) is 12.4 Å². The van der Waals surface area contributed by atoms with Crippen molar-refractivity contribution >= 4 is 16.9 Å². The SMILES string of the molecule is CC[C@@]1(O)C(=O)OCc2c1cc1n(c2=O)Cc2c-1nc1cc(F)c(C)c3c1c2[C@H](CO)CC3. The lowest BCUT2D eigenvalue weighted by atomic mass is 9.78. The molecular weight excluding hydrogens is 427 g/mol. The number of aromatic nitrogens is 2. The van der Waals surface area contributed by atoms with Crippen molar-refractivity contribution in [3.05, 3.63) is 61.7 Å². The van der Waals surface area contributed by atoms with Gasteiger partial charge in [-0.1, -0.05) is 6.92 Å². The van der Waals surface area contributed by atoms with Crippen LogP contribution in [0.4, 0.5) is 4.39 Å². The molecule has 3 aromatic rings. The number of esters is 1. The number of carbonyl (C=O) groups excluding carboxylic acids is 1. The molecule has 3 aliphatic rings. The standard InChI is InChI=1S/C25H23FN2O5/c1-3-25(32)16-6-19-22-14(8-28(19)23(30)15(16)10-33-24(25)31)20-12(9-29)4-5-13-11(2)17(26)7-18(27-22)21(13)20/h6-7,12,29,32H,3-5,8-10H2,1-2H3/t12-,25-/m0/s1. The lowest BCUT2D eigenvalue weighted by Crippen LogP contribution is -2.44. The number of aliphatic hydroxyl groups is 2. The van der Waals surface area contributed by atoms with Crippen LogP contribution >= 0.6 is 0 Å². The quantitative estimate of drug-likeness (QED) is 0.455. The number of nitrogens with zero attached hydrogens (tertiary/aromatic N) is 2. The zero-order valence-corrected chi connectivity index (χ0v) is 18.4. The zero-order chi connectivity index (χ0) is 23.2. The van der Waals surface area contributed by atoms with Crippen LogP contribution in [0, 0.1) is 12.7 Å². The van der Waals surface area contributed by atoms with Gasteiger partial charge in [0.05, 0.1) is 29.0 Å². The van der Waals surface area contributed by atoms with Gasteiger partial charge in [-0.15, -0.1) is 0 Å². The van der Waals surface area contributed by atoms with E-state index in [2.05, 4.69) is 0 Å². The highest BCUT2D eigenvalue weighted by molar-refractivity contribution is 5.93. The zero-order valence-electron chi connectivity index (χ0n) is 18.4. The van der Waals surface area contributed by atoms with Crippen LogP contribution in [0.25, 0.3) is 22.3 Å². The van der Waals surface area contributed by atoms with Gasteiger partial charge in [-0.25, -0.2) is 14.2 Å². The molecule has 0 radical (unpaired) electrons. The van der Waals surface area contributed by atoms with E-state index in [1.165, 1.54) is 6.07 Å². The molecule has 8 heteroatoms. The molecule has 0 bridgehead atoms. The highest BCUT2D eigenvalue weighted by Crippen LogP contribution is 2.46. The molecule has 2 aromatic heterocycles. The minimum Gasteiger partial charge on any atom is -0.458 e. The van der Waals surface area contributed by atoms with E-state index in [-0.39, 0.29) is 54.6 Å².